The number of amides is 2. The second kappa shape index (κ2) is 12.1. The lowest BCUT2D eigenvalue weighted by Gasteiger charge is -2.26. The van der Waals surface area contributed by atoms with Gasteiger partial charge in [-0.05, 0) is 35.9 Å². The van der Waals surface area contributed by atoms with Crippen LogP contribution in [-0.4, -0.2) is 82.0 Å². The first-order chi connectivity index (χ1) is 17.1. The molecule has 0 spiro atoms. The van der Waals surface area contributed by atoms with E-state index in [0.29, 0.717) is 37.6 Å². The minimum atomic E-state index is -3.91. The molecule has 192 valence electrons. The fraction of sp³-hybridized carbons (Fsp3) is 0.318. The molecule has 1 aliphatic rings. The van der Waals surface area contributed by atoms with Crippen molar-refractivity contribution in [2.24, 2.45) is 5.10 Å². The number of rotatable bonds is 10. The number of ether oxygens (including phenoxy) is 2. The number of nitro groups is 1. The Labute approximate surface area is 207 Å². The van der Waals surface area contributed by atoms with Crippen molar-refractivity contribution in [3.8, 4) is 5.75 Å². The van der Waals surface area contributed by atoms with Crippen LogP contribution in [0.2, 0.25) is 0 Å². The summed E-state index contributed by atoms with van der Waals surface area (Å²) in [7, 11) is -3.91. The molecule has 3 rings (SSSR count). The van der Waals surface area contributed by atoms with Gasteiger partial charge in [-0.15, -0.1) is 0 Å². The van der Waals surface area contributed by atoms with Gasteiger partial charge in [-0.1, -0.05) is 6.07 Å². The van der Waals surface area contributed by atoms with Crippen molar-refractivity contribution in [2.45, 2.75) is 0 Å². The molecule has 0 unspecified atom stereocenters. The molecule has 0 atom stereocenters. The zero-order valence-electron chi connectivity index (χ0n) is 19.4. The molecule has 1 fully saturated rings. The number of nitro benzene ring substituents is 1. The Kier molecular flexibility index (Phi) is 8.91. The summed E-state index contributed by atoms with van der Waals surface area (Å²) in [5, 5.41) is 14.8. The number of morpholine rings is 1. The first-order valence-corrected chi connectivity index (χ1v) is 12.6. The maximum Gasteiger partial charge on any atom is 0.271 e. The zero-order chi connectivity index (χ0) is 26.1. The van der Waals surface area contributed by atoms with E-state index in [0.717, 1.165) is 16.6 Å². The third kappa shape index (κ3) is 7.74. The molecule has 0 aliphatic carbocycles. The van der Waals surface area contributed by atoms with E-state index >= 15 is 0 Å². The van der Waals surface area contributed by atoms with E-state index in [9.17, 15) is 28.1 Å². The van der Waals surface area contributed by atoms with E-state index in [1.54, 1.807) is 29.2 Å². The third-order valence-electron chi connectivity index (χ3n) is 5.03. The Hall–Kier alpha value is -4.04. The number of hydrazone groups is 1. The van der Waals surface area contributed by atoms with Crippen LogP contribution in [0.15, 0.2) is 53.6 Å². The minimum Gasteiger partial charge on any atom is -0.484 e. The van der Waals surface area contributed by atoms with E-state index in [1.807, 2.05) is 0 Å². The molecular weight excluding hydrogens is 494 g/mol. The van der Waals surface area contributed by atoms with Gasteiger partial charge in [0.15, 0.2) is 6.61 Å². The summed E-state index contributed by atoms with van der Waals surface area (Å²) >= 11 is 0. The fourth-order valence-electron chi connectivity index (χ4n) is 3.21. The molecule has 0 aromatic heterocycles. The molecule has 1 aliphatic heterocycles. The number of carbonyl (C=O) groups excluding carboxylic acids is 2. The topological polar surface area (TPSA) is 161 Å². The van der Waals surface area contributed by atoms with Crippen molar-refractivity contribution in [3.05, 3.63) is 64.2 Å². The number of carbonyl (C=O) groups is 2. The van der Waals surface area contributed by atoms with Gasteiger partial charge in [-0.25, -0.2) is 13.8 Å². The van der Waals surface area contributed by atoms with Crippen LogP contribution in [-0.2, 0) is 24.3 Å². The van der Waals surface area contributed by atoms with Crippen molar-refractivity contribution in [2.75, 3.05) is 50.0 Å². The van der Waals surface area contributed by atoms with Gasteiger partial charge in [0.05, 0.1) is 36.3 Å². The van der Waals surface area contributed by atoms with Crippen LogP contribution in [0.25, 0.3) is 0 Å². The molecular formula is C22H25N5O8S. The predicted octanol–water partition coefficient (Wildman–Crippen LogP) is 0.749. The van der Waals surface area contributed by atoms with E-state index in [2.05, 4.69) is 10.5 Å². The monoisotopic (exact) mass is 519 g/mol. The lowest BCUT2D eigenvalue weighted by molar-refractivity contribution is -0.384. The lowest BCUT2D eigenvalue weighted by atomic mass is 10.2. The van der Waals surface area contributed by atoms with Gasteiger partial charge in [0.2, 0.25) is 10.0 Å². The molecule has 2 aromatic rings. The third-order valence-corrected chi connectivity index (χ3v) is 6.17. The lowest BCUT2D eigenvalue weighted by Crippen LogP contribution is -2.42. The number of nitrogens with zero attached hydrogens (tertiary/aromatic N) is 4. The summed E-state index contributed by atoms with van der Waals surface area (Å²) in [6, 6.07) is 11.6. The summed E-state index contributed by atoms with van der Waals surface area (Å²) in [6.45, 7) is 1.38. The van der Waals surface area contributed by atoms with Crippen molar-refractivity contribution < 1.29 is 32.4 Å². The molecule has 14 heteroatoms. The first-order valence-electron chi connectivity index (χ1n) is 10.8. The van der Waals surface area contributed by atoms with E-state index < -0.39 is 27.4 Å². The Bertz CT molecular complexity index is 1230. The molecule has 1 heterocycles. The van der Waals surface area contributed by atoms with Crippen LogP contribution >= 0.6 is 0 Å². The van der Waals surface area contributed by atoms with E-state index in [1.165, 1.54) is 24.4 Å². The summed E-state index contributed by atoms with van der Waals surface area (Å²) in [4.78, 5) is 36.4. The highest BCUT2D eigenvalue weighted by atomic mass is 32.2. The number of anilines is 1. The van der Waals surface area contributed by atoms with Gasteiger partial charge in [-0.3, -0.25) is 24.0 Å². The first kappa shape index (κ1) is 26.6. The maximum absolute atomic E-state index is 12.3. The van der Waals surface area contributed by atoms with Crippen LogP contribution in [0, 0.1) is 10.1 Å². The van der Waals surface area contributed by atoms with E-state index in [4.69, 9.17) is 9.47 Å². The van der Waals surface area contributed by atoms with Gasteiger partial charge < -0.3 is 14.4 Å². The Morgan fingerprint density at radius 3 is 2.56 bits per heavy atom. The zero-order valence-corrected chi connectivity index (χ0v) is 20.2. The van der Waals surface area contributed by atoms with Crippen LogP contribution in [0.5, 0.6) is 5.75 Å². The quantitative estimate of drug-likeness (QED) is 0.273. The highest BCUT2D eigenvalue weighted by molar-refractivity contribution is 7.92. The molecule has 0 bridgehead atoms. The number of sulfonamides is 1. The van der Waals surface area contributed by atoms with Crippen LogP contribution in [0.1, 0.15) is 5.56 Å². The number of benzene rings is 2. The number of hydrogen-bond acceptors (Lipinski definition) is 9. The second-order valence-corrected chi connectivity index (χ2v) is 9.60. The van der Waals surface area contributed by atoms with Crippen LogP contribution in [0.3, 0.4) is 0 Å². The molecule has 0 radical (unpaired) electrons. The average Bonchev–Trinajstić information content (AvgIpc) is 2.86. The van der Waals surface area contributed by atoms with Crippen LogP contribution in [0.4, 0.5) is 11.4 Å². The largest absolute Gasteiger partial charge is 0.484 e. The molecule has 0 saturated carbocycles. The summed E-state index contributed by atoms with van der Waals surface area (Å²) in [5.74, 6) is -0.386. The average molecular weight is 520 g/mol. The second-order valence-electron chi connectivity index (χ2n) is 7.69. The predicted molar refractivity (Wildman–Crippen MR) is 130 cm³/mol. The Morgan fingerprint density at radius 1 is 1.22 bits per heavy atom. The Morgan fingerprint density at radius 2 is 1.92 bits per heavy atom. The number of hydrogen-bond donors (Lipinski definition) is 1. The van der Waals surface area contributed by atoms with Crippen molar-refractivity contribution in [3.63, 3.8) is 0 Å². The van der Waals surface area contributed by atoms with Crippen LogP contribution < -0.4 is 14.5 Å². The van der Waals surface area contributed by atoms with E-state index in [-0.39, 0.29) is 23.9 Å². The highest BCUT2D eigenvalue weighted by Crippen LogP contribution is 2.23. The SMILES string of the molecule is CS(=O)(=O)N(CC(=O)N/N=C\c1ccc(OCC(=O)N2CCOCC2)cc1)c1cccc([N+](=O)[O-])c1. The van der Waals surface area contributed by atoms with Gasteiger partial charge in [-0.2, -0.15) is 5.10 Å². The Balaban J connectivity index is 1.53. The standard InChI is InChI=1S/C22H25N5O8S/c1-36(32,33)26(18-3-2-4-19(13-18)27(30)31)15-21(28)24-23-14-17-5-7-20(8-6-17)35-16-22(29)25-9-11-34-12-10-25/h2-8,13-14H,9-12,15-16H2,1H3,(H,24,28)/b23-14-. The molecule has 2 amide bonds. The normalized spacial score (nSPS) is 13.9. The van der Waals surface area contributed by atoms with Gasteiger partial charge in [0.1, 0.15) is 12.3 Å². The van der Waals surface area contributed by atoms with Gasteiger partial charge in [0, 0.05) is 25.2 Å². The summed E-state index contributed by atoms with van der Waals surface area (Å²) in [5.41, 5.74) is 2.51. The smallest absolute Gasteiger partial charge is 0.271 e. The molecule has 1 saturated heterocycles. The molecule has 1 N–H and O–H groups in total. The molecule has 36 heavy (non-hydrogen) atoms. The van der Waals surface area contributed by atoms with Gasteiger partial charge in [0.25, 0.3) is 17.5 Å². The summed E-state index contributed by atoms with van der Waals surface area (Å²) < 4.78 is 35.8. The van der Waals surface area contributed by atoms with Gasteiger partial charge >= 0.3 is 0 Å². The molecule has 13 nitrogen and oxygen atoms in total. The van der Waals surface area contributed by atoms with Crippen molar-refractivity contribution in [1.29, 1.82) is 0 Å². The van der Waals surface area contributed by atoms with Crippen molar-refractivity contribution >= 4 is 39.4 Å². The highest BCUT2D eigenvalue weighted by Gasteiger charge is 2.22. The molecule has 2 aromatic carbocycles. The number of nitrogens with one attached hydrogen (secondary N) is 1. The van der Waals surface area contributed by atoms with Crippen molar-refractivity contribution in [1.82, 2.24) is 10.3 Å². The number of non-ortho nitro benzene ring substituents is 1. The minimum absolute atomic E-state index is 0.0199. The maximum atomic E-state index is 12.3. The fourth-order valence-corrected chi connectivity index (χ4v) is 4.05. The summed E-state index contributed by atoms with van der Waals surface area (Å²) in [6.07, 6.45) is 2.24.